The van der Waals surface area contributed by atoms with Crippen LogP contribution in [0.1, 0.15) is 12.8 Å². The molecule has 0 bridgehead atoms. The zero-order valence-electron chi connectivity index (χ0n) is 11.1. The van der Waals surface area contributed by atoms with Gasteiger partial charge in [0.1, 0.15) is 6.04 Å². The van der Waals surface area contributed by atoms with E-state index in [0.29, 0.717) is 5.92 Å². The van der Waals surface area contributed by atoms with Crippen molar-refractivity contribution in [1.29, 1.82) is 0 Å². The van der Waals surface area contributed by atoms with E-state index in [-0.39, 0.29) is 12.0 Å². The Morgan fingerprint density at radius 1 is 1.39 bits per heavy atom. The Kier molecular flexibility index (Phi) is 3.75. The molecule has 4 nitrogen and oxygen atoms in total. The van der Waals surface area contributed by atoms with Crippen LogP contribution in [0, 0.1) is 5.92 Å². The van der Waals surface area contributed by atoms with Gasteiger partial charge in [0.2, 0.25) is 0 Å². The summed E-state index contributed by atoms with van der Waals surface area (Å²) in [7, 11) is 5.42. The molecule has 0 amide bonds. The summed E-state index contributed by atoms with van der Waals surface area (Å²) < 4.78 is 4.87. The second kappa shape index (κ2) is 5.29. The fraction of sp³-hybridized carbons (Fsp3) is 0.500. The summed E-state index contributed by atoms with van der Waals surface area (Å²) in [6.07, 6.45) is 2.19. The van der Waals surface area contributed by atoms with Crippen molar-refractivity contribution in [2.75, 3.05) is 31.4 Å². The third kappa shape index (κ3) is 2.75. The van der Waals surface area contributed by atoms with Crippen molar-refractivity contribution in [3.05, 3.63) is 24.3 Å². The number of para-hydroxylation sites is 2. The molecule has 1 aliphatic carbocycles. The number of esters is 1. The van der Waals surface area contributed by atoms with Crippen LogP contribution in [0.25, 0.3) is 0 Å². The Balaban J connectivity index is 2.18. The lowest BCUT2D eigenvalue weighted by atomic mass is 10.1. The van der Waals surface area contributed by atoms with E-state index in [1.54, 1.807) is 0 Å². The molecule has 1 atom stereocenters. The van der Waals surface area contributed by atoms with Crippen LogP contribution in [0.15, 0.2) is 24.3 Å². The molecule has 1 aliphatic rings. The molecule has 1 aromatic carbocycles. The molecule has 1 saturated carbocycles. The molecule has 1 unspecified atom stereocenters. The largest absolute Gasteiger partial charge is 0.467 e. The molecule has 1 fully saturated rings. The van der Waals surface area contributed by atoms with E-state index in [9.17, 15) is 4.79 Å². The maximum atomic E-state index is 11.8. The molecule has 0 radical (unpaired) electrons. The first-order valence-corrected chi connectivity index (χ1v) is 6.24. The SMILES string of the molecule is COC(=O)C(Nc1ccccc1N(C)C)C1CC1. The number of hydrogen-bond donors (Lipinski definition) is 1. The van der Waals surface area contributed by atoms with Crippen LogP contribution in [0.3, 0.4) is 0 Å². The topological polar surface area (TPSA) is 41.6 Å². The molecular formula is C14H20N2O2. The number of anilines is 2. The summed E-state index contributed by atoms with van der Waals surface area (Å²) in [5, 5.41) is 3.33. The first-order chi connectivity index (χ1) is 8.63. The molecule has 0 heterocycles. The minimum absolute atomic E-state index is 0.175. The zero-order chi connectivity index (χ0) is 13.1. The van der Waals surface area contributed by atoms with Crippen molar-refractivity contribution in [3.8, 4) is 0 Å². The predicted octanol–water partition coefficient (Wildman–Crippen LogP) is 2.12. The monoisotopic (exact) mass is 248 g/mol. The van der Waals surface area contributed by atoms with Gasteiger partial charge < -0.3 is 15.0 Å². The van der Waals surface area contributed by atoms with E-state index in [4.69, 9.17) is 4.74 Å². The lowest BCUT2D eigenvalue weighted by molar-refractivity contribution is -0.142. The van der Waals surface area contributed by atoms with E-state index in [1.165, 1.54) is 7.11 Å². The van der Waals surface area contributed by atoms with E-state index < -0.39 is 0 Å². The fourth-order valence-electron chi connectivity index (χ4n) is 2.08. The van der Waals surface area contributed by atoms with Crippen LogP contribution in [0.5, 0.6) is 0 Å². The van der Waals surface area contributed by atoms with Crippen molar-refractivity contribution in [2.45, 2.75) is 18.9 Å². The van der Waals surface area contributed by atoms with E-state index in [0.717, 1.165) is 24.2 Å². The Morgan fingerprint density at radius 2 is 2.06 bits per heavy atom. The Labute approximate surface area is 108 Å². The lowest BCUT2D eigenvalue weighted by Crippen LogP contribution is -2.33. The quantitative estimate of drug-likeness (QED) is 0.810. The molecule has 98 valence electrons. The number of carbonyl (C=O) groups is 1. The highest BCUT2D eigenvalue weighted by atomic mass is 16.5. The number of hydrogen-bond acceptors (Lipinski definition) is 4. The van der Waals surface area contributed by atoms with Crippen LogP contribution >= 0.6 is 0 Å². The van der Waals surface area contributed by atoms with Crippen LogP contribution in [0.2, 0.25) is 0 Å². The Bertz CT molecular complexity index is 428. The first kappa shape index (κ1) is 12.7. The van der Waals surface area contributed by atoms with E-state index in [1.807, 2.05) is 43.3 Å². The summed E-state index contributed by atoms with van der Waals surface area (Å²) in [5.74, 6) is 0.235. The number of nitrogens with one attached hydrogen (secondary N) is 1. The molecule has 0 saturated heterocycles. The molecule has 18 heavy (non-hydrogen) atoms. The van der Waals surface area contributed by atoms with Crippen molar-refractivity contribution in [1.82, 2.24) is 0 Å². The second-order valence-electron chi connectivity index (χ2n) is 4.89. The van der Waals surface area contributed by atoms with Crippen LogP contribution in [-0.4, -0.2) is 33.2 Å². The van der Waals surface area contributed by atoms with E-state index in [2.05, 4.69) is 5.32 Å². The number of rotatable bonds is 5. The van der Waals surface area contributed by atoms with E-state index >= 15 is 0 Å². The molecule has 1 aromatic rings. The highest BCUT2D eigenvalue weighted by Crippen LogP contribution is 2.36. The maximum Gasteiger partial charge on any atom is 0.328 e. The first-order valence-electron chi connectivity index (χ1n) is 6.24. The van der Waals surface area contributed by atoms with Gasteiger partial charge in [-0.15, -0.1) is 0 Å². The fourth-order valence-corrected chi connectivity index (χ4v) is 2.08. The molecule has 0 aliphatic heterocycles. The highest BCUT2D eigenvalue weighted by Gasteiger charge is 2.37. The normalized spacial score (nSPS) is 15.9. The van der Waals surface area contributed by atoms with Gasteiger partial charge in [0.05, 0.1) is 18.5 Å². The third-order valence-corrected chi connectivity index (χ3v) is 3.25. The summed E-state index contributed by atoms with van der Waals surface area (Å²) in [5.41, 5.74) is 2.05. The van der Waals surface area contributed by atoms with Crippen LogP contribution in [-0.2, 0) is 9.53 Å². The molecule has 2 rings (SSSR count). The summed E-state index contributed by atoms with van der Waals surface area (Å²) >= 11 is 0. The lowest BCUT2D eigenvalue weighted by Gasteiger charge is -2.22. The molecule has 0 aromatic heterocycles. The third-order valence-electron chi connectivity index (χ3n) is 3.25. The van der Waals surface area contributed by atoms with Gasteiger partial charge in [0.15, 0.2) is 0 Å². The molecule has 4 heteroatoms. The van der Waals surface area contributed by atoms with Gasteiger partial charge in [-0.05, 0) is 30.9 Å². The van der Waals surface area contributed by atoms with Crippen molar-refractivity contribution < 1.29 is 9.53 Å². The van der Waals surface area contributed by atoms with Gasteiger partial charge in [-0.3, -0.25) is 0 Å². The number of methoxy groups -OCH3 is 1. The average molecular weight is 248 g/mol. The Morgan fingerprint density at radius 3 is 2.61 bits per heavy atom. The average Bonchev–Trinajstić information content (AvgIpc) is 3.19. The highest BCUT2D eigenvalue weighted by molar-refractivity contribution is 5.82. The van der Waals surface area contributed by atoms with Gasteiger partial charge in [-0.25, -0.2) is 4.79 Å². The number of benzene rings is 1. The van der Waals surface area contributed by atoms with Crippen LogP contribution in [0.4, 0.5) is 11.4 Å². The molecular weight excluding hydrogens is 228 g/mol. The minimum Gasteiger partial charge on any atom is -0.467 e. The maximum absolute atomic E-state index is 11.8. The number of ether oxygens (including phenoxy) is 1. The van der Waals surface area contributed by atoms with Gasteiger partial charge >= 0.3 is 5.97 Å². The van der Waals surface area contributed by atoms with Crippen LogP contribution < -0.4 is 10.2 Å². The molecule has 1 N–H and O–H groups in total. The minimum atomic E-state index is -0.226. The van der Waals surface area contributed by atoms with Gasteiger partial charge in [-0.2, -0.15) is 0 Å². The Hall–Kier alpha value is -1.71. The van der Waals surface area contributed by atoms with Crippen molar-refractivity contribution >= 4 is 17.3 Å². The van der Waals surface area contributed by atoms with Gasteiger partial charge in [0, 0.05) is 14.1 Å². The van der Waals surface area contributed by atoms with Gasteiger partial charge in [-0.1, -0.05) is 12.1 Å². The number of carbonyl (C=O) groups excluding carboxylic acids is 1. The molecule has 0 spiro atoms. The van der Waals surface area contributed by atoms with Crippen molar-refractivity contribution in [2.24, 2.45) is 5.92 Å². The second-order valence-corrected chi connectivity index (χ2v) is 4.89. The summed E-state index contributed by atoms with van der Waals surface area (Å²) in [6.45, 7) is 0. The standard InChI is InChI=1S/C14H20N2O2/c1-16(2)12-7-5-4-6-11(12)15-13(10-8-9-10)14(17)18-3/h4-7,10,13,15H,8-9H2,1-3H3. The number of nitrogens with zero attached hydrogens (tertiary/aromatic N) is 1. The zero-order valence-corrected chi connectivity index (χ0v) is 11.1. The summed E-state index contributed by atoms with van der Waals surface area (Å²) in [4.78, 5) is 13.8. The predicted molar refractivity (Wildman–Crippen MR) is 72.9 cm³/mol. The smallest absolute Gasteiger partial charge is 0.328 e. The van der Waals surface area contributed by atoms with Crippen molar-refractivity contribution in [3.63, 3.8) is 0 Å². The van der Waals surface area contributed by atoms with Gasteiger partial charge in [0.25, 0.3) is 0 Å². The summed E-state index contributed by atoms with van der Waals surface area (Å²) in [6, 6.07) is 7.76.